The number of aliphatic imine (C=N–C) groups is 1. The molecule has 0 unspecified atom stereocenters. The molecule has 0 spiro atoms. The third kappa shape index (κ3) is 5.12. The van der Waals surface area contributed by atoms with E-state index in [2.05, 4.69) is 20.6 Å². The van der Waals surface area contributed by atoms with Crippen LogP contribution >= 0.6 is 0 Å². The first-order valence-corrected chi connectivity index (χ1v) is 8.56. The Balaban J connectivity index is 1.52. The molecule has 0 radical (unpaired) electrons. The van der Waals surface area contributed by atoms with Crippen molar-refractivity contribution in [3.05, 3.63) is 77.7 Å². The number of hydrogen-bond donors (Lipinski definition) is 2. The van der Waals surface area contributed by atoms with Crippen molar-refractivity contribution in [1.29, 1.82) is 0 Å². The lowest BCUT2D eigenvalue weighted by Crippen LogP contribution is -2.36. The second-order valence-electron chi connectivity index (χ2n) is 5.98. The molecule has 0 atom stereocenters. The summed E-state index contributed by atoms with van der Waals surface area (Å²) in [6.07, 6.45) is -2.77. The van der Waals surface area contributed by atoms with Crippen molar-refractivity contribution in [2.75, 3.05) is 7.05 Å². The molecule has 1 aromatic heterocycles. The van der Waals surface area contributed by atoms with Gasteiger partial charge < -0.3 is 15.1 Å². The Bertz CT molecular complexity index is 919. The van der Waals surface area contributed by atoms with Crippen LogP contribution in [0, 0.1) is 0 Å². The molecule has 1 heterocycles. The van der Waals surface area contributed by atoms with Gasteiger partial charge in [-0.15, -0.1) is 0 Å². The van der Waals surface area contributed by atoms with Crippen LogP contribution in [0.25, 0.3) is 11.5 Å². The molecule has 3 rings (SSSR count). The van der Waals surface area contributed by atoms with E-state index in [1.54, 1.807) is 13.3 Å². The lowest BCUT2D eigenvalue weighted by molar-refractivity contribution is -0.137. The monoisotopic (exact) mass is 388 g/mol. The Hall–Kier alpha value is -3.29. The first-order chi connectivity index (χ1) is 13.5. The largest absolute Gasteiger partial charge is 0.444 e. The molecule has 2 aromatic carbocycles. The maximum Gasteiger partial charge on any atom is 0.416 e. The number of alkyl halides is 3. The highest BCUT2D eigenvalue weighted by molar-refractivity contribution is 5.79. The third-order valence-electron chi connectivity index (χ3n) is 3.97. The van der Waals surface area contributed by atoms with Crippen LogP contribution < -0.4 is 10.6 Å². The smallest absolute Gasteiger partial charge is 0.416 e. The number of rotatable bonds is 5. The van der Waals surface area contributed by atoms with E-state index in [9.17, 15) is 13.2 Å². The number of oxazole rings is 1. The fourth-order valence-electron chi connectivity index (χ4n) is 2.49. The highest BCUT2D eigenvalue weighted by Gasteiger charge is 2.29. The van der Waals surface area contributed by atoms with Gasteiger partial charge in [0.15, 0.2) is 5.96 Å². The third-order valence-corrected chi connectivity index (χ3v) is 3.97. The molecule has 3 aromatic rings. The standard InChI is InChI=1S/C20H19F3N4O/c1-24-19(25-11-14-7-9-16(10-8-14)20(21,22)23)26-12-17-13-28-18(27-17)15-5-3-2-4-6-15/h2-10,13H,11-12H2,1H3,(H2,24,25,26). The summed E-state index contributed by atoms with van der Waals surface area (Å²) in [4.78, 5) is 8.52. The van der Waals surface area contributed by atoms with Gasteiger partial charge in [0.2, 0.25) is 5.89 Å². The second-order valence-corrected chi connectivity index (χ2v) is 5.98. The van der Waals surface area contributed by atoms with E-state index in [4.69, 9.17) is 4.42 Å². The van der Waals surface area contributed by atoms with Gasteiger partial charge in [-0.2, -0.15) is 13.2 Å². The lowest BCUT2D eigenvalue weighted by Gasteiger charge is -2.12. The zero-order chi connectivity index (χ0) is 20.0. The Labute approximate surface area is 160 Å². The van der Waals surface area contributed by atoms with Crippen LogP contribution in [0.3, 0.4) is 0 Å². The molecular formula is C20H19F3N4O. The van der Waals surface area contributed by atoms with Crippen LogP contribution in [0.1, 0.15) is 16.8 Å². The predicted molar refractivity (Wildman–Crippen MR) is 100 cm³/mol. The summed E-state index contributed by atoms with van der Waals surface area (Å²) in [5.41, 5.74) is 1.64. The van der Waals surface area contributed by atoms with E-state index in [-0.39, 0.29) is 0 Å². The van der Waals surface area contributed by atoms with Crippen molar-refractivity contribution in [1.82, 2.24) is 15.6 Å². The molecule has 0 saturated heterocycles. The van der Waals surface area contributed by atoms with Crippen molar-refractivity contribution in [2.24, 2.45) is 4.99 Å². The Morgan fingerprint density at radius 3 is 2.32 bits per heavy atom. The van der Waals surface area contributed by atoms with Gasteiger partial charge in [-0.05, 0) is 29.8 Å². The Morgan fingerprint density at radius 2 is 1.68 bits per heavy atom. The summed E-state index contributed by atoms with van der Waals surface area (Å²) >= 11 is 0. The van der Waals surface area contributed by atoms with Gasteiger partial charge in [0.05, 0.1) is 17.8 Å². The lowest BCUT2D eigenvalue weighted by atomic mass is 10.1. The van der Waals surface area contributed by atoms with Gasteiger partial charge in [-0.1, -0.05) is 30.3 Å². The first-order valence-electron chi connectivity index (χ1n) is 8.56. The van der Waals surface area contributed by atoms with Crippen molar-refractivity contribution >= 4 is 5.96 Å². The number of nitrogens with one attached hydrogen (secondary N) is 2. The molecule has 8 heteroatoms. The number of guanidine groups is 1. The van der Waals surface area contributed by atoms with E-state index in [0.717, 1.165) is 17.7 Å². The van der Waals surface area contributed by atoms with Gasteiger partial charge in [0, 0.05) is 19.2 Å². The van der Waals surface area contributed by atoms with Crippen LogP contribution in [-0.4, -0.2) is 18.0 Å². The van der Waals surface area contributed by atoms with Crippen LogP contribution in [0.5, 0.6) is 0 Å². The zero-order valence-corrected chi connectivity index (χ0v) is 15.1. The van der Waals surface area contributed by atoms with E-state index < -0.39 is 11.7 Å². The molecule has 0 aliphatic rings. The molecule has 2 N–H and O–H groups in total. The molecule has 0 amide bonds. The van der Waals surface area contributed by atoms with Gasteiger partial charge in [-0.25, -0.2) is 4.98 Å². The van der Waals surface area contributed by atoms with Crippen molar-refractivity contribution in [3.8, 4) is 11.5 Å². The minimum atomic E-state index is -4.33. The Kier molecular flexibility index (Phi) is 5.98. The summed E-state index contributed by atoms with van der Waals surface area (Å²) in [6, 6.07) is 14.6. The topological polar surface area (TPSA) is 62.5 Å². The van der Waals surface area contributed by atoms with Crippen molar-refractivity contribution in [3.63, 3.8) is 0 Å². The molecule has 0 aliphatic heterocycles. The molecule has 0 fully saturated rings. The van der Waals surface area contributed by atoms with E-state index >= 15 is 0 Å². The van der Waals surface area contributed by atoms with Gasteiger partial charge in [0.1, 0.15) is 6.26 Å². The minimum absolute atomic E-state index is 0.339. The van der Waals surface area contributed by atoms with E-state index in [0.29, 0.717) is 36.2 Å². The van der Waals surface area contributed by atoms with E-state index in [1.165, 1.54) is 12.1 Å². The van der Waals surface area contributed by atoms with Crippen molar-refractivity contribution in [2.45, 2.75) is 19.3 Å². The second kappa shape index (κ2) is 8.60. The number of hydrogen-bond acceptors (Lipinski definition) is 3. The number of nitrogens with zero attached hydrogens (tertiary/aromatic N) is 2. The molecule has 146 valence electrons. The molecule has 5 nitrogen and oxygen atoms in total. The molecular weight excluding hydrogens is 369 g/mol. The molecule has 0 bridgehead atoms. The number of halogens is 3. The number of aromatic nitrogens is 1. The average Bonchev–Trinajstić information content (AvgIpc) is 3.17. The van der Waals surface area contributed by atoms with Crippen LogP contribution in [-0.2, 0) is 19.3 Å². The molecule has 28 heavy (non-hydrogen) atoms. The molecule has 0 saturated carbocycles. The fourth-order valence-corrected chi connectivity index (χ4v) is 2.49. The van der Waals surface area contributed by atoms with E-state index in [1.807, 2.05) is 30.3 Å². The quantitative estimate of drug-likeness (QED) is 0.507. The van der Waals surface area contributed by atoms with Crippen LogP contribution in [0.2, 0.25) is 0 Å². The van der Waals surface area contributed by atoms with Gasteiger partial charge in [-0.3, -0.25) is 4.99 Å². The summed E-state index contributed by atoms with van der Waals surface area (Å²) in [5, 5.41) is 6.14. The average molecular weight is 388 g/mol. The summed E-state index contributed by atoms with van der Waals surface area (Å²) in [7, 11) is 1.61. The highest BCUT2D eigenvalue weighted by atomic mass is 19.4. The summed E-state index contributed by atoms with van der Waals surface area (Å²) in [5.74, 6) is 1.04. The number of benzene rings is 2. The maximum absolute atomic E-state index is 12.6. The highest BCUT2D eigenvalue weighted by Crippen LogP contribution is 2.29. The van der Waals surface area contributed by atoms with Gasteiger partial charge in [0.25, 0.3) is 0 Å². The normalized spacial score (nSPS) is 12.1. The van der Waals surface area contributed by atoms with Gasteiger partial charge >= 0.3 is 6.18 Å². The van der Waals surface area contributed by atoms with Crippen LogP contribution in [0.4, 0.5) is 13.2 Å². The maximum atomic E-state index is 12.6. The van der Waals surface area contributed by atoms with Crippen LogP contribution in [0.15, 0.2) is 70.3 Å². The van der Waals surface area contributed by atoms with Crippen molar-refractivity contribution < 1.29 is 17.6 Å². The fraction of sp³-hybridized carbons (Fsp3) is 0.200. The Morgan fingerprint density at radius 1 is 1.00 bits per heavy atom. The SMILES string of the molecule is CN=C(NCc1ccc(C(F)(F)F)cc1)NCc1coc(-c2ccccc2)n1. The predicted octanol–water partition coefficient (Wildman–Crippen LogP) is 4.23. The first kappa shape index (κ1) is 19.5. The summed E-state index contributed by atoms with van der Waals surface area (Å²) in [6.45, 7) is 0.731. The summed E-state index contributed by atoms with van der Waals surface area (Å²) < 4.78 is 43.3. The molecule has 0 aliphatic carbocycles. The zero-order valence-electron chi connectivity index (χ0n) is 15.1. The minimum Gasteiger partial charge on any atom is -0.444 e.